The Morgan fingerprint density at radius 2 is 1.98 bits per heavy atom. The van der Waals surface area contributed by atoms with Crippen LogP contribution in [0.5, 0.6) is 6.01 Å². The molecule has 1 aromatic carbocycles. The number of carbonyl (C=O) groups excluding carboxylic acids is 1. The molecule has 210 valence electrons. The van der Waals surface area contributed by atoms with Gasteiger partial charge in [-0.15, -0.1) is 0 Å². The Hall–Kier alpha value is -4.37. The monoisotopic (exact) mass is 554 g/mol. The predicted octanol–water partition coefficient (Wildman–Crippen LogP) is 1.68. The number of benzene rings is 1. The lowest BCUT2D eigenvalue weighted by Gasteiger charge is -2.37. The topological polar surface area (TPSA) is 152 Å². The van der Waals surface area contributed by atoms with Gasteiger partial charge in [-0.25, -0.2) is 19.2 Å². The Balaban J connectivity index is 1.04. The SMILES string of the molecule is CC1(CN2CCN(c3ncc(-c4ccc(N5CC(CO)OC5=O)cc4F)cn3)CC2)Cn2cc([N+](=O)[O-])nc2O1. The van der Waals surface area contributed by atoms with Crippen molar-refractivity contribution in [2.75, 3.05) is 55.7 Å². The van der Waals surface area contributed by atoms with Crippen molar-refractivity contribution in [1.29, 1.82) is 0 Å². The number of aromatic nitrogens is 4. The first kappa shape index (κ1) is 25.9. The Labute approximate surface area is 227 Å². The molecule has 2 fully saturated rings. The summed E-state index contributed by atoms with van der Waals surface area (Å²) in [6.45, 7) is 5.83. The number of nitrogens with zero attached hydrogens (tertiary/aromatic N) is 8. The Morgan fingerprint density at radius 3 is 2.60 bits per heavy atom. The van der Waals surface area contributed by atoms with Gasteiger partial charge in [0, 0.05) is 61.2 Å². The first-order chi connectivity index (χ1) is 19.2. The van der Waals surface area contributed by atoms with Crippen molar-refractivity contribution in [3.63, 3.8) is 0 Å². The van der Waals surface area contributed by atoms with E-state index in [1.165, 1.54) is 17.2 Å². The number of aliphatic hydroxyl groups excluding tert-OH is 1. The average molecular weight is 555 g/mol. The highest BCUT2D eigenvalue weighted by Gasteiger charge is 2.42. The molecule has 1 N–H and O–H groups in total. The van der Waals surface area contributed by atoms with E-state index in [4.69, 9.17) is 9.47 Å². The summed E-state index contributed by atoms with van der Waals surface area (Å²) in [5, 5.41) is 20.2. The summed E-state index contributed by atoms with van der Waals surface area (Å²) < 4.78 is 27.6. The number of hydrogen-bond acceptors (Lipinski definition) is 11. The Bertz CT molecular complexity index is 1420. The number of aliphatic hydroxyl groups is 1. The van der Waals surface area contributed by atoms with Crippen molar-refractivity contribution in [2.24, 2.45) is 0 Å². The molecule has 3 aliphatic rings. The number of carbonyl (C=O) groups is 1. The van der Waals surface area contributed by atoms with Crippen LogP contribution in [-0.4, -0.2) is 98.1 Å². The summed E-state index contributed by atoms with van der Waals surface area (Å²) in [6, 6.07) is 4.71. The lowest BCUT2D eigenvalue weighted by atomic mass is 10.1. The quantitative estimate of drug-likeness (QED) is 0.335. The second-order valence-electron chi connectivity index (χ2n) is 10.3. The van der Waals surface area contributed by atoms with Crippen molar-refractivity contribution in [2.45, 2.75) is 25.2 Å². The number of amides is 1. The van der Waals surface area contributed by atoms with Gasteiger partial charge in [0.2, 0.25) is 5.95 Å². The molecule has 15 heteroatoms. The lowest BCUT2D eigenvalue weighted by Crippen LogP contribution is -2.53. The molecule has 0 bridgehead atoms. The first-order valence-electron chi connectivity index (χ1n) is 12.8. The molecule has 6 rings (SSSR count). The fraction of sp³-hybridized carbons (Fsp3) is 0.440. The van der Waals surface area contributed by atoms with E-state index in [9.17, 15) is 24.4 Å². The molecule has 14 nitrogen and oxygen atoms in total. The van der Waals surface area contributed by atoms with E-state index in [-0.39, 0.29) is 25.0 Å². The third kappa shape index (κ3) is 4.88. The zero-order valence-electron chi connectivity index (χ0n) is 21.6. The van der Waals surface area contributed by atoms with Gasteiger partial charge in [0.05, 0.1) is 25.4 Å². The molecule has 3 aliphatic heterocycles. The second-order valence-corrected chi connectivity index (χ2v) is 10.3. The smallest absolute Gasteiger partial charge is 0.415 e. The highest BCUT2D eigenvalue weighted by atomic mass is 19.1. The van der Waals surface area contributed by atoms with Crippen molar-refractivity contribution < 1.29 is 28.7 Å². The molecule has 0 radical (unpaired) electrons. The number of anilines is 2. The van der Waals surface area contributed by atoms with Gasteiger partial charge in [-0.1, -0.05) is 0 Å². The van der Waals surface area contributed by atoms with Gasteiger partial charge in [0.25, 0.3) is 0 Å². The molecular weight excluding hydrogens is 527 g/mol. The highest BCUT2D eigenvalue weighted by Crippen LogP contribution is 2.32. The van der Waals surface area contributed by atoms with Crippen LogP contribution in [0.2, 0.25) is 0 Å². The fourth-order valence-corrected chi connectivity index (χ4v) is 5.30. The molecule has 2 unspecified atom stereocenters. The number of fused-ring (bicyclic) bond motifs is 1. The van der Waals surface area contributed by atoms with E-state index in [1.807, 2.05) is 6.92 Å². The van der Waals surface area contributed by atoms with Gasteiger partial charge in [-0.05, 0) is 30.0 Å². The number of ether oxygens (including phenoxy) is 2. The minimum absolute atomic E-state index is 0.154. The van der Waals surface area contributed by atoms with Crippen LogP contribution in [0.25, 0.3) is 11.1 Å². The summed E-state index contributed by atoms with van der Waals surface area (Å²) in [6.07, 6.45) is 3.30. The third-order valence-corrected chi connectivity index (χ3v) is 7.26. The van der Waals surface area contributed by atoms with Crippen LogP contribution >= 0.6 is 0 Å². The molecule has 1 amide bonds. The minimum atomic E-state index is -0.631. The van der Waals surface area contributed by atoms with Crippen molar-refractivity contribution in [3.05, 3.63) is 52.7 Å². The molecule has 2 aromatic heterocycles. The van der Waals surface area contributed by atoms with Crippen LogP contribution in [0.4, 0.5) is 26.6 Å². The molecule has 40 heavy (non-hydrogen) atoms. The maximum Gasteiger partial charge on any atom is 0.415 e. The normalized spacial score (nSPS) is 22.8. The summed E-state index contributed by atoms with van der Waals surface area (Å²) in [5.74, 6) is -0.199. The van der Waals surface area contributed by atoms with Crippen molar-refractivity contribution in [3.8, 4) is 17.1 Å². The van der Waals surface area contributed by atoms with Crippen molar-refractivity contribution in [1.82, 2.24) is 24.4 Å². The number of cyclic esters (lactones) is 1. The number of nitro groups is 1. The van der Waals surface area contributed by atoms with E-state index in [1.54, 1.807) is 29.1 Å². The zero-order chi connectivity index (χ0) is 28.0. The van der Waals surface area contributed by atoms with Gasteiger partial charge in [-0.2, -0.15) is 0 Å². The summed E-state index contributed by atoms with van der Waals surface area (Å²) in [5.41, 5.74) is 0.627. The maximum absolute atomic E-state index is 15.0. The molecule has 3 aromatic rings. The molecule has 0 saturated carbocycles. The van der Waals surface area contributed by atoms with Crippen LogP contribution in [0, 0.1) is 15.9 Å². The predicted molar refractivity (Wildman–Crippen MR) is 139 cm³/mol. The number of imidazole rings is 1. The van der Waals surface area contributed by atoms with E-state index in [2.05, 4.69) is 24.8 Å². The number of hydrogen-bond donors (Lipinski definition) is 1. The molecule has 2 saturated heterocycles. The standard InChI is InChI=1S/C25H27FN8O6/c1-25(15-32-12-21(34(37)38)29-23(32)40-25)14-30-4-6-31(7-5-30)22-27-9-16(10-28-22)19-3-2-17(8-20(19)26)33-11-18(13-35)39-24(33)36/h2-3,8-10,12,18,35H,4-7,11,13-15H2,1H3. The third-order valence-electron chi connectivity index (χ3n) is 7.26. The zero-order valence-corrected chi connectivity index (χ0v) is 21.6. The summed E-state index contributed by atoms with van der Waals surface area (Å²) >= 11 is 0. The number of halogens is 1. The number of rotatable bonds is 7. The van der Waals surface area contributed by atoms with E-state index >= 15 is 0 Å². The number of piperazine rings is 1. The van der Waals surface area contributed by atoms with Crippen molar-refractivity contribution >= 4 is 23.5 Å². The average Bonchev–Trinajstić information content (AvgIpc) is 3.60. The van der Waals surface area contributed by atoms with Gasteiger partial charge >= 0.3 is 17.9 Å². The Kier molecular flexibility index (Phi) is 6.46. The maximum atomic E-state index is 15.0. The Morgan fingerprint density at radius 1 is 1.23 bits per heavy atom. The van der Waals surface area contributed by atoms with Gasteiger partial charge in [-0.3, -0.25) is 14.4 Å². The summed E-state index contributed by atoms with van der Waals surface area (Å²) in [4.78, 5) is 40.9. The van der Waals surface area contributed by atoms with Gasteiger partial charge in [0.15, 0.2) is 0 Å². The first-order valence-corrected chi connectivity index (χ1v) is 12.8. The fourth-order valence-electron chi connectivity index (χ4n) is 5.30. The molecular formula is C25H27FN8O6. The van der Waals surface area contributed by atoms with E-state index in [0.29, 0.717) is 48.9 Å². The highest BCUT2D eigenvalue weighted by molar-refractivity contribution is 5.90. The summed E-state index contributed by atoms with van der Waals surface area (Å²) in [7, 11) is 0. The van der Waals surface area contributed by atoms with Crippen LogP contribution in [0.15, 0.2) is 36.8 Å². The second kappa shape index (κ2) is 9.98. The minimum Gasteiger partial charge on any atom is -0.441 e. The largest absolute Gasteiger partial charge is 0.441 e. The van der Waals surface area contributed by atoms with Gasteiger partial charge < -0.3 is 29.6 Å². The van der Waals surface area contributed by atoms with Crippen LogP contribution in [-0.2, 0) is 11.3 Å². The lowest BCUT2D eigenvalue weighted by molar-refractivity contribution is -0.389. The van der Waals surface area contributed by atoms with E-state index in [0.717, 1.165) is 13.1 Å². The molecule has 2 atom stereocenters. The molecule has 0 aliphatic carbocycles. The van der Waals surface area contributed by atoms with Crippen LogP contribution in [0.3, 0.4) is 0 Å². The van der Waals surface area contributed by atoms with Crippen LogP contribution < -0.4 is 14.5 Å². The molecule has 5 heterocycles. The van der Waals surface area contributed by atoms with E-state index < -0.39 is 28.5 Å². The molecule has 0 spiro atoms. The van der Waals surface area contributed by atoms with Crippen LogP contribution in [0.1, 0.15) is 6.92 Å². The van der Waals surface area contributed by atoms with Gasteiger partial charge in [0.1, 0.15) is 23.7 Å².